The van der Waals surface area contributed by atoms with E-state index in [9.17, 15) is 4.79 Å². The van der Waals surface area contributed by atoms with Gasteiger partial charge < -0.3 is 19.5 Å². The van der Waals surface area contributed by atoms with Gasteiger partial charge in [0.05, 0.1) is 27.0 Å². The van der Waals surface area contributed by atoms with Crippen LogP contribution in [0.1, 0.15) is 10.5 Å². The van der Waals surface area contributed by atoms with Crippen LogP contribution in [-0.4, -0.2) is 37.0 Å². The molecule has 0 aliphatic carbocycles. The highest BCUT2D eigenvalue weighted by Crippen LogP contribution is 2.40. The van der Waals surface area contributed by atoms with E-state index in [2.05, 4.69) is 10.4 Å². The molecule has 140 valence electrons. The average Bonchev–Trinajstić information content (AvgIpc) is 3.09. The fraction of sp³-hybridized carbons (Fsp3) is 0.200. The predicted octanol–water partition coefficient (Wildman–Crippen LogP) is 3.37. The number of benzene rings is 2. The minimum atomic E-state index is -0.331. The molecule has 0 spiro atoms. The lowest BCUT2D eigenvalue weighted by Crippen LogP contribution is -2.13. The number of amides is 1. The van der Waals surface area contributed by atoms with Crippen LogP contribution in [0.15, 0.2) is 48.5 Å². The van der Waals surface area contributed by atoms with Crippen LogP contribution in [0.5, 0.6) is 17.2 Å². The number of carbonyl (C=O) groups excluding carboxylic acids is 1. The summed E-state index contributed by atoms with van der Waals surface area (Å²) in [6.45, 7) is 0. The lowest BCUT2D eigenvalue weighted by atomic mass is 10.1. The van der Waals surface area contributed by atoms with Gasteiger partial charge in [0, 0.05) is 24.9 Å². The molecule has 7 nitrogen and oxygen atoms in total. The molecule has 0 saturated carbocycles. The van der Waals surface area contributed by atoms with Gasteiger partial charge in [-0.25, -0.2) is 0 Å². The zero-order valence-electron chi connectivity index (χ0n) is 15.6. The van der Waals surface area contributed by atoms with Crippen molar-refractivity contribution in [3.8, 4) is 28.5 Å². The highest BCUT2D eigenvalue weighted by atomic mass is 16.5. The topological polar surface area (TPSA) is 74.6 Å². The molecule has 1 amide bonds. The summed E-state index contributed by atoms with van der Waals surface area (Å²) in [7, 11) is 6.37. The van der Waals surface area contributed by atoms with E-state index in [1.54, 1.807) is 29.9 Å². The second kappa shape index (κ2) is 7.82. The van der Waals surface area contributed by atoms with Crippen molar-refractivity contribution in [3.63, 3.8) is 0 Å². The van der Waals surface area contributed by atoms with Crippen molar-refractivity contribution in [1.82, 2.24) is 9.78 Å². The van der Waals surface area contributed by atoms with Crippen LogP contribution in [0.25, 0.3) is 11.3 Å². The number of aromatic nitrogens is 2. The lowest BCUT2D eigenvalue weighted by molar-refractivity contribution is 0.102. The molecule has 3 rings (SSSR count). The molecular formula is C20H21N3O4. The van der Waals surface area contributed by atoms with Crippen molar-refractivity contribution < 1.29 is 19.0 Å². The molecular weight excluding hydrogens is 346 g/mol. The SMILES string of the molecule is COc1cc(NC(=O)c2cc(-c3ccccc3)n(C)n2)cc(OC)c1OC. The van der Waals surface area contributed by atoms with Crippen molar-refractivity contribution >= 4 is 11.6 Å². The Bertz CT molecular complexity index is 926. The number of methoxy groups -OCH3 is 3. The highest BCUT2D eigenvalue weighted by Gasteiger charge is 2.17. The predicted molar refractivity (Wildman–Crippen MR) is 103 cm³/mol. The Kier molecular flexibility index (Phi) is 5.30. The molecule has 0 radical (unpaired) electrons. The molecule has 0 aliphatic rings. The van der Waals surface area contributed by atoms with Crippen LogP contribution in [0, 0.1) is 0 Å². The van der Waals surface area contributed by atoms with Gasteiger partial charge in [0.25, 0.3) is 5.91 Å². The van der Waals surface area contributed by atoms with Crippen LogP contribution in [0.2, 0.25) is 0 Å². The minimum Gasteiger partial charge on any atom is -0.493 e. The Balaban J connectivity index is 1.88. The van der Waals surface area contributed by atoms with E-state index in [0.29, 0.717) is 28.6 Å². The summed E-state index contributed by atoms with van der Waals surface area (Å²) in [6.07, 6.45) is 0. The Morgan fingerprint density at radius 3 is 2.15 bits per heavy atom. The van der Waals surface area contributed by atoms with Crippen LogP contribution >= 0.6 is 0 Å². The van der Waals surface area contributed by atoms with E-state index in [1.807, 2.05) is 30.3 Å². The second-order valence-electron chi connectivity index (χ2n) is 5.77. The van der Waals surface area contributed by atoms with Crippen LogP contribution in [0.3, 0.4) is 0 Å². The van der Waals surface area contributed by atoms with E-state index in [-0.39, 0.29) is 5.91 Å². The summed E-state index contributed by atoms with van der Waals surface area (Å²) in [6, 6.07) is 14.9. The number of nitrogens with one attached hydrogen (secondary N) is 1. The van der Waals surface area contributed by atoms with Gasteiger partial charge in [0.1, 0.15) is 0 Å². The fourth-order valence-corrected chi connectivity index (χ4v) is 2.81. The first-order chi connectivity index (χ1) is 13.1. The number of hydrogen-bond donors (Lipinski definition) is 1. The normalized spacial score (nSPS) is 10.4. The molecule has 0 unspecified atom stereocenters. The Hall–Kier alpha value is -3.48. The number of carbonyl (C=O) groups is 1. The quantitative estimate of drug-likeness (QED) is 0.723. The molecule has 1 aromatic heterocycles. The molecule has 1 N–H and O–H groups in total. The smallest absolute Gasteiger partial charge is 0.276 e. The average molecular weight is 367 g/mol. The number of ether oxygens (including phenoxy) is 3. The molecule has 0 aliphatic heterocycles. The van der Waals surface area contributed by atoms with Crippen LogP contribution in [-0.2, 0) is 7.05 Å². The summed E-state index contributed by atoms with van der Waals surface area (Å²) in [5.41, 5.74) is 2.66. The van der Waals surface area contributed by atoms with E-state index in [4.69, 9.17) is 14.2 Å². The molecule has 7 heteroatoms. The third kappa shape index (κ3) is 3.72. The maximum Gasteiger partial charge on any atom is 0.276 e. The summed E-state index contributed by atoms with van der Waals surface area (Å²) in [5, 5.41) is 7.14. The number of nitrogens with zero attached hydrogens (tertiary/aromatic N) is 2. The maximum absolute atomic E-state index is 12.7. The molecule has 0 atom stereocenters. The second-order valence-corrected chi connectivity index (χ2v) is 5.77. The summed E-state index contributed by atoms with van der Waals surface area (Å²) in [5.74, 6) is 1.04. The molecule has 2 aromatic carbocycles. The van der Waals surface area contributed by atoms with Crippen molar-refractivity contribution in [2.24, 2.45) is 7.05 Å². The van der Waals surface area contributed by atoms with E-state index in [1.165, 1.54) is 21.3 Å². The van der Waals surface area contributed by atoms with Crippen molar-refractivity contribution in [3.05, 3.63) is 54.2 Å². The Morgan fingerprint density at radius 1 is 0.963 bits per heavy atom. The lowest BCUT2D eigenvalue weighted by Gasteiger charge is -2.14. The van der Waals surface area contributed by atoms with Gasteiger partial charge >= 0.3 is 0 Å². The molecule has 0 fully saturated rings. The largest absolute Gasteiger partial charge is 0.493 e. The molecule has 3 aromatic rings. The third-order valence-electron chi connectivity index (χ3n) is 4.10. The first-order valence-corrected chi connectivity index (χ1v) is 8.28. The van der Waals surface area contributed by atoms with E-state index in [0.717, 1.165) is 11.3 Å². The number of rotatable bonds is 6. The van der Waals surface area contributed by atoms with E-state index < -0.39 is 0 Å². The third-order valence-corrected chi connectivity index (χ3v) is 4.10. The van der Waals surface area contributed by atoms with Gasteiger partial charge in [0.15, 0.2) is 17.2 Å². The van der Waals surface area contributed by atoms with Crippen LogP contribution < -0.4 is 19.5 Å². The summed E-state index contributed by atoms with van der Waals surface area (Å²) in [4.78, 5) is 12.7. The number of anilines is 1. The van der Waals surface area contributed by atoms with Gasteiger partial charge in [-0.3, -0.25) is 9.48 Å². The van der Waals surface area contributed by atoms with Gasteiger partial charge in [-0.05, 0) is 11.6 Å². The standard InChI is InChI=1S/C20H21N3O4/c1-23-16(13-8-6-5-7-9-13)12-15(22-23)20(24)21-14-10-17(25-2)19(27-4)18(11-14)26-3/h5-12H,1-4H3,(H,21,24). The van der Waals surface area contributed by atoms with Gasteiger partial charge in [-0.1, -0.05) is 30.3 Å². The van der Waals surface area contributed by atoms with Gasteiger partial charge in [0.2, 0.25) is 5.75 Å². The Labute approximate surface area is 157 Å². The van der Waals surface area contributed by atoms with Crippen LogP contribution in [0.4, 0.5) is 5.69 Å². The summed E-state index contributed by atoms with van der Waals surface area (Å²) < 4.78 is 17.6. The molecule has 0 saturated heterocycles. The summed E-state index contributed by atoms with van der Waals surface area (Å²) >= 11 is 0. The number of hydrogen-bond acceptors (Lipinski definition) is 5. The first kappa shape index (κ1) is 18.3. The molecule has 0 bridgehead atoms. The van der Waals surface area contributed by atoms with E-state index >= 15 is 0 Å². The number of aryl methyl sites for hydroxylation is 1. The molecule has 1 heterocycles. The van der Waals surface area contributed by atoms with Gasteiger partial charge in [-0.2, -0.15) is 5.10 Å². The Morgan fingerprint density at radius 2 is 1.59 bits per heavy atom. The maximum atomic E-state index is 12.7. The monoisotopic (exact) mass is 367 g/mol. The van der Waals surface area contributed by atoms with Crippen molar-refractivity contribution in [2.45, 2.75) is 0 Å². The zero-order valence-corrected chi connectivity index (χ0v) is 15.6. The van der Waals surface area contributed by atoms with Crippen molar-refractivity contribution in [1.29, 1.82) is 0 Å². The fourth-order valence-electron chi connectivity index (χ4n) is 2.81. The first-order valence-electron chi connectivity index (χ1n) is 8.28. The molecule has 27 heavy (non-hydrogen) atoms. The van der Waals surface area contributed by atoms with Gasteiger partial charge in [-0.15, -0.1) is 0 Å². The zero-order chi connectivity index (χ0) is 19.4. The minimum absolute atomic E-state index is 0.310. The van der Waals surface area contributed by atoms with Crippen molar-refractivity contribution in [2.75, 3.05) is 26.6 Å². The highest BCUT2D eigenvalue weighted by molar-refractivity contribution is 6.03.